The molecule has 25 heavy (non-hydrogen) atoms. The molecule has 0 fully saturated rings. The molecule has 2 aromatic rings. The summed E-state index contributed by atoms with van der Waals surface area (Å²) < 4.78 is 38.6. The van der Waals surface area contributed by atoms with E-state index >= 15 is 0 Å². The number of furan rings is 1. The van der Waals surface area contributed by atoms with Crippen LogP contribution in [-0.4, -0.2) is 40.6 Å². The van der Waals surface area contributed by atoms with Crippen molar-refractivity contribution in [3.05, 3.63) is 48.4 Å². The van der Waals surface area contributed by atoms with Crippen molar-refractivity contribution in [2.24, 2.45) is 5.92 Å². The van der Waals surface area contributed by atoms with Gasteiger partial charge in [-0.15, -0.1) is 0 Å². The van der Waals surface area contributed by atoms with Gasteiger partial charge in [-0.1, -0.05) is 13.8 Å². The van der Waals surface area contributed by atoms with Gasteiger partial charge in [-0.05, 0) is 56.4 Å². The van der Waals surface area contributed by atoms with E-state index in [0.717, 1.165) is 0 Å². The number of nitrogens with zero attached hydrogens (tertiary/aromatic N) is 1. The van der Waals surface area contributed by atoms with Crippen LogP contribution >= 0.6 is 0 Å². The van der Waals surface area contributed by atoms with Crippen molar-refractivity contribution in [1.29, 1.82) is 0 Å². The molecule has 1 atom stereocenters. The molecule has 1 unspecified atom stereocenters. The van der Waals surface area contributed by atoms with Crippen molar-refractivity contribution in [2.45, 2.75) is 24.8 Å². The number of benzene rings is 1. The zero-order valence-electron chi connectivity index (χ0n) is 15.1. The molecule has 1 N–H and O–H groups in total. The quantitative estimate of drug-likeness (QED) is 0.739. The summed E-state index contributed by atoms with van der Waals surface area (Å²) in [6.07, 6.45) is 1.58. The first-order valence-corrected chi connectivity index (χ1v) is 9.70. The Bertz CT molecular complexity index is 738. The van der Waals surface area contributed by atoms with Crippen molar-refractivity contribution in [3.8, 4) is 5.75 Å². The average molecular weight is 366 g/mol. The normalized spacial score (nSPS) is 13.4. The molecule has 0 spiro atoms. The molecule has 1 aromatic carbocycles. The Morgan fingerprint density at radius 1 is 1.16 bits per heavy atom. The highest BCUT2D eigenvalue weighted by Gasteiger charge is 2.21. The molecular formula is C18H26N2O4S. The molecule has 0 aliphatic heterocycles. The number of likely N-dealkylation sites (N-methyl/N-ethyl adjacent to an activating group) is 1. The van der Waals surface area contributed by atoms with Crippen LogP contribution in [0.15, 0.2) is 52.0 Å². The number of hydrogen-bond acceptors (Lipinski definition) is 5. The summed E-state index contributed by atoms with van der Waals surface area (Å²) in [5, 5.41) is 0. The van der Waals surface area contributed by atoms with E-state index in [0.29, 0.717) is 24.0 Å². The monoisotopic (exact) mass is 366 g/mol. The molecule has 7 heteroatoms. The highest BCUT2D eigenvalue weighted by molar-refractivity contribution is 7.89. The minimum atomic E-state index is -3.60. The average Bonchev–Trinajstić information content (AvgIpc) is 3.07. The molecule has 138 valence electrons. The smallest absolute Gasteiger partial charge is 0.240 e. The van der Waals surface area contributed by atoms with Crippen LogP contribution in [0.3, 0.4) is 0 Å². The fourth-order valence-corrected chi connectivity index (χ4v) is 3.31. The molecule has 0 amide bonds. The van der Waals surface area contributed by atoms with E-state index in [-0.39, 0.29) is 17.5 Å². The fourth-order valence-electron chi connectivity index (χ4n) is 2.27. The third-order valence-corrected chi connectivity index (χ3v) is 5.12. The first-order valence-electron chi connectivity index (χ1n) is 8.22. The lowest BCUT2D eigenvalue weighted by Crippen LogP contribution is -2.34. The van der Waals surface area contributed by atoms with Crippen LogP contribution in [-0.2, 0) is 10.0 Å². The molecule has 2 rings (SSSR count). The maximum absolute atomic E-state index is 12.5. The van der Waals surface area contributed by atoms with E-state index < -0.39 is 10.0 Å². The van der Waals surface area contributed by atoms with Gasteiger partial charge < -0.3 is 9.15 Å². The third-order valence-electron chi connectivity index (χ3n) is 3.68. The predicted molar refractivity (Wildman–Crippen MR) is 97.1 cm³/mol. The molecule has 0 saturated carbocycles. The van der Waals surface area contributed by atoms with Crippen LogP contribution in [0.4, 0.5) is 0 Å². The Labute approximate surface area is 149 Å². The fraction of sp³-hybridized carbons (Fsp3) is 0.444. The van der Waals surface area contributed by atoms with Gasteiger partial charge >= 0.3 is 0 Å². The predicted octanol–water partition coefficient (Wildman–Crippen LogP) is 2.90. The molecule has 1 aromatic heterocycles. The maximum Gasteiger partial charge on any atom is 0.240 e. The van der Waals surface area contributed by atoms with Crippen LogP contribution in [0, 0.1) is 5.92 Å². The van der Waals surface area contributed by atoms with Gasteiger partial charge in [0.05, 0.1) is 23.8 Å². The summed E-state index contributed by atoms with van der Waals surface area (Å²) in [6, 6.07) is 9.89. The van der Waals surface area contributed by atoms with Gasteiger partial charge in [0.25, 0.3) is 0 Å². The van der Waals surface area contributed by atoms with E-state index in [1.165, 1.54) is 0 Å². The van der Waals surface area contributed by atoms with Crippen LogP contribution < -0.4 is 9.46 Å². The summed E-state index contributed by atoms with van der Waals surface area (Å²) in [6.45, 7) is 4.93. The molecule has 6 nitrogen and oxygen atoms in total. The Hall–Kier alpha value is -1.83. The van der Waals surface area contributed by atoms with Crippen LogP contribution in [0.2, 0.25) is 0 Å². The standard InChI is InChI=1S/C18H26N2O4S/c1-14(2)13-24-15-7-9-16(10-8-15)25(21,22)19-12-17(20(3)4)18-6-5-11-23-18/h5-11,14,17,19H,12-13H2,1-4H3. The highest BCUT2D eigenvalue weighted by atomic mass is 32.2. The Morgan fingerprint density at radius 3 is 2.36 bits per heavy atom. The highest BCUT2D eigenvalue weighted by Crippen LogP contribution is 2.20. The molecule has 0 bridgehead atoms. The number of hydrogen-bond donors (Lipinski definition) is 1. The number of nitrogens with one attached hydrogen (secondary N) is 1. The van der Waals surface area contributed by atoms with Gasteiger partial charge in [-0.3, -0.25) is 4.90 Å². The topological polar surface area (TPSA) is 71.8 Å². The first-order chi connectivity index (χ1) is 11.8. The lowest BCUT2D eigenvalue weighted by Gasteiger charge is -2.22. The first kappa shape index (κ1) is 19.5. The number of sulfonamides is 1. The SMILES string of the molecule is CC(C)COc1ccc(S(=O)(=O)NCC(c2ccco2)N(C)C)cc1. The molecule has 1 heterocycles. The van der Waals surface area contributed by atoms with Crippen LogP contribution in [0.1, 0.15) is 25.6 Å². The van der Waals surface area contributed by atoms with E-state index in [9.17, 15) is 8.42 Å². The zero-order valence-corrected chi connectivity index (χ0v) is 15.9. The lowest BCUT2D eigenvalue weighted by atomic mass is 10.2. The molecule has 0 radical (unpaired) electrons. The van der Waals surface area contributed by atoms with E-state index in [1.807, 2.05) is 25.1 Å². The van der Waals surface area contributed by atoms with Crippen molar-refractivity contribution in [3.63, 3.8) is 0 Å². The summed E-state index contributed by atoms with van der Waals surface area (Å²) >= 11 is 0. The number of ether oxygens (including phenoxy) is 1. The van der Waals surface area contributed by atoms with E-state index in [1.54, 1.807) is 36.6 Å². The van der Waals surface area contributed by atoms with Gasteiger partial charge in [0.15, 0.2) is 0 Å². The van der Waals surface area contributed by atoms with Gasteiger partial charge in [-0.2, -0.15) is 0 Å². The molecule has 0 aliphatic rings. The minimum Gasteiger partial charge on any atom is -0.493 e. The second kappa shape index (κ2) is 8.51. The second-order valence-electron chi connectivity index (χ2n) is 6.52. The van der Waals surface area contributed by atoms with Crippen LogP contribution in [0.25, 0.3) is 0 Å². The Balaban J connectivity index is 2.03. The van der Waals surface area contributed by atoms with Crippen molar-refractivity contribution in [1.82, 2.24) is 9.62 Å². The summed E-state index contributed by atoms with van der Waals surface area (Å²) in [7, 11) is 0.153. The Morgan fingerprint density at radius 2 is 1.84 bits per heavy atom. The minimum absolute atomic E-state index is 0.182. The van der Waals surface area contributed by atoms with Crippen molar-refractivity contribution < 1.29 is 17.6 Å². The largest absolute Gasteiger partial charge is 0.493 e. The number of rotatable bonds is 9. The Kier molecular flexibility index (Phi) is 6.64. The molecule has 0 aliphatic carbocycles. The van der Waals surface area contributed by atoms with Gasteiger partial charge in [-0.25, -0.2) is 13.1 Å². The zero-order chi connectivity index (χ0) is 18.4. The molecular weight excluding hydrogens is 340 g/mol. The third kappa shape index (κ3) is 5.59. The van der Waals surface area contributed by atoms with Gasteiger partial charge in [0.2, 0.25) is 10.0 Å². The van der Waals surface area contributed by atoms with E-state index in [4.69, 9.17) is 9.15 Å². The lowest BCUT2D eigenvalue weighted by molar-refractivity contribution is 0.259. The van der Waals surface area contributed by atoms with Crippen LogP contribution in [0.5, 0.6) is 5.75 Å². The molecule has 0 saturated heterocycles. The van der Waals surface area contributed by atoms with Gasteiger partial charge in [0, 0.05) is 6.54 Å². The van der Waals surface area contributed by atoms with Crippen molar-refractivity contribution in [2.75, 3.05) is 27.2 Å². The summed E-state index contributed by atoms with van der Waals surface area (Å²) in [5.74, 6) is 1.79. The maximum atomic E-state index is 12.5. The van der Waals surface area contributed by atoms with Gasteiger partial charge in [0.1, 0.15) is 11.5 Å². The second-order valence-corrected chi connectivity index (χ2v) is 8.29. The van der Waals surface area contributed by atoms with E-state index in [2.05, 4.69) is 18.6 Å². The van der Waals surface area contributed by atoms with Crippen molar-refractivity contribution >= 4 is 10.0 Å². The summed E-state index contributed by atoms with van der Waals surface area (Å²) in [4.78, 5) is 2.12. The summed E-state index contributed by atoms with van der Waals surface area (Å²) in [5.41, 5.74) is 0.